The third-order valence-electron chi connectivity index (χ3n) is 2.34. The number of hydrogen-bond acceptors (Lipinski definition) is 5. The molecule has 0 saturated carbocycles. The summed E-state index contributed by atoms with van der Waals surface area (Å²) >= 11 is 0. The first-order valence-electron chi connectivity index (χ1n) is 4.99. The van der Waals surface area contributed by atoms with Crippen LogP contribution in [0.1, 0.15) is 5.56 Å². The number of aliphatic imine (C=N–C) groups is 1. The van der Waals surface area contributed by atoms with E-state index in [9.17, 15) is 4.39 Å². The van der Waals surface area contributed by atoms with E-state index in [4.69, 9.17) is 0 Å². The fourth-order valence-electron chi connectivity index (χ4n) is 1.51. The predicted molar refractivity (Wildman–Crippen MR) is 61.4 cm³/mol. The van der Waals surface area contributed by atoms with Crippen LogP contribution in [0, 0.1) is 5.82 Å². The molecule has 0 radical (unpaired) electrons. The number of hydrazine groups is 1. The highest BCUT2D eigenvalue weighted by Crippen LogP contribution is 2.23. The highest BCUT2D eigenvalue weighted by atomic mass is 19.1. The lowest BCUT2D eigenvalue weighted by Gasteiger charge is -2.17. The van der Waals surface area contributed by atoms with Crippen molar-refractivity contribution >= 4 is 17.3 Å². The van der Waals surface area contributed by atoms with Crippen molar-refractivity contribution in [2.24, 2.45) is 4.99 Å². The van der Waals surface area contributed by atoms with E-state index in [1.54, 1.807) is 18.3 Å². The lowest BCUT2D eigenvalue weighted by Crippen LogP contribution is -2.33. The Balaban J connectivity index is 2.01. The highest BCUT2D eigenvalue weighted by molar-refractivity contribution is 6.02. The summed E-state index contributed by atoms with van der Waals surface area (Å²) in [5.74, 6) is 0.944. The van der Waals surface area contributed by atoms with Crippen LogP contribution >= 0.6 is 0 Å². The molecule has 0 bridgehead atoms. The molecule has 3 rings (SSSR count). The predicted octanol–water partition coefficient (Wildman–Crippen LogP) is 1.62. The zero-order valence-corrected chi connectivity index (χ0v) is 8.68. The summed E-state index contributed by atoms with van der Waals surface area (Å²) in [5.41, 5.74) is 7.23. The van der Waals surface area contributed by atoms with Gasteiger partial charge < -0.3 is 0 Å². The summed E-state index contributed by atoms with van der Waals surface area (Å²) < 4.78 is 12.8. The second-order valence-corrected chi connectivity index (χ2v) is 3.47. The van der Waals surface area contributed by atoms with Gasteiger partial charge in [-0.05, 0) is 24.3 Å². The van der Waals surface area contributed by atoms with Crippen LogP contribution in [0.15, 0.2) is 41.8 Å². The minimum Gasteiger partial charge on any atom is -0.282 e. The zero-order chi connectivity index (χ0) is 11.7. The Morgan fingerprint density at radius 1 is 1.06 bits per heavy atom. The number of anilines is 1. The van der Waals surface area contributed by atoms with Gasteiger partial charge in [0, 0.05) is 5.56 Å². The summed E-state index contributed by atoms with van der Waals surface area (Å²) in [6.45, 7) is 0. The molecule has 0 unspecified atom stereocenters. The Kier molecular flexibility index (Phi) is 2.18. The van der Waals surface area contributed by atoms with E-state index in [0.717, 1.165) is 5.56 Å². The monoisotopic (exact) mass is 229 g/mol. The summed E-state index contributed by atoms with van der Waals surface area (Å²) in [7, 11) is 0. The number of nitrogens with one attached hydrogen (secondary N) is 2. The SMILES string of the molecule is Fc1ccc(C2=Nc3cncnc3NN2)cc1. The van der Waals surface area contributed by atoms with Crippen molar-refractivity contribution in [2.45, 2.75) is 0 Å². The van der Waals surface area contributed by atoms with Crippen LogP contribution in [0.2, 0.25) is 0 Å². The molecule has 2 heterocycles. The van der Waals surface area contributed by atoms with Crippen LogP contribution in [0.5, 0.6) is 0 Å². The number of halogens is 1. The van der Waals surface area contributed by atoms with Gasteiger partial charge in [0.25, 0.3) is 0 Å². The van der Waals surface area contributed by atoms with Crippen LogP contribution in [0.4, 0.5) is 15.9 Å². The summed E-state index contributed by atoms with van der Waals surface area (Å²) in [5, 5.41) is 0. The molecule has 2 N–H and O–H groups in total. The standard InChI is InChI=1S/C11H8FN5/c12-8-3-1-7(2-4-8)10-15-9-5-13-6-14-11(9)17-16-10/h1-6H,(H,15,16)(H,13,14,17). The molecule has 0 fully saturated rings. The second-order valence-electron chi connectivity index (χ2n) is 3.47. The minimum absolute atomic E-state index is 0.276. The molecular formula is C11H8FN5. The molecular weight excluding hydrogens is 221 g/mol. The van der Waals surface area contributed by atoms with Gasteiger partial charge in [-0.25, -0.2) is 19.4 Å². The lowest BCUT2D eigenvalue weighted by atomic mass is 10.2. The molecule has 17 heavy (non-hydrogen) atoms. The molecule has 2 aromatic rings. The third-order valence-corrected chi connectivity index (χ3v) is 2.34. The Morgan fingerprint density at radius 3 is 2.71 bits per heavy atom. The summed E-state index contributed by atoms with van der Waals surface area (Å²) in [6, 6.07) is 6.07. The Hall–Kier alpha value is -2.50. The van der Waals surface area contributed by atoms with Gasteiger partial charge in [-0.2, -0.15) is 0 Å². The van der Waals surface area contributed by atoms with Gasteiger partial charge in [0.15, 0.2) is 11.7 Å². The Labute approximate surface area is 96.4 Å². The number of hydrogen-bond donors (Lipinski definition) is 2. The molecule has 0 spiro atoms. The smallest absolute Gasteiger partial charge is 0.173 e. The average Bonchev–Trinajstić information content (AvgIpc) is 2.39. The maximum absolute atomic E-state index is 12.8. The Bertz CT molecular complexity index is 579. The van der Waals surface area contributed by atoms with Gasteiger partial charge in [-0.1, -0.05) is 0 Å². The van der Waals surface area contributed by atoms with E-state index < -0.39 is 0 Å². The quantitative estimate of drug-likeness (QED) is 0.780. The third kappa shape index (κ3) is 1.80. The van der Waals surface area contributed by atoms with Gasteiger partial charge >= 0.3 is 0 Å². The normalized spacial score (nSPS) is 13.1. The molecule has 0 atom stereocenters. The summed E-state index contributed by atoms with van der Waals surface area (Å²) in [6.07, 6.45) is 3.05. The van der Waals surface area contributed by atoms with Gasteiger partial charge in [0.1, 0.15) is 17.8 Å². The van der Waals surface area contributed by atoms with Crippen molar-refractivity contribution in [3.63, 3.8) is 0 Å². The number of aromatic nitrogens is 2. The lowest BCUT2D eigenvalue weighted by molar-refractivity contribution is 0.627. The van der Waals surface area contributed by atoms with Crippen molar-refractivity contribution in [3.8, 4) is 0 Å². The molecule has 0 amide bonds. The topological polar surface area (TPSA) is 62.2 Å². The van der Waals surface area contributed by atoms with Gasteiger partial charge in [0.05, 0.1) is 6.20 Å². The molecule has 0 aliphatic carbocycles. The van der Waals surface area contributed by atoms with Crippen LogP contribution < -0.4 is 10.9 Å². The van der Waals surface area contributed by atoms with Crippen molar-refractivity contribution in [2.75, 3.05) is 5.43 Å². The number of benzene rings is 1. The molecule has 1 aliphatic heterocycles. The van der Waals surface area contributed by atoms with Crippen LogP contribution in [0.25, 0.3) is 0 Å². The summed E-state index contributed by atoms with van der Waals surface area (Å²) in [4.78, 5) is 12.2. The van der Waals surface area contributed by atoms with E-state index in [2.05, 4.69) is 25.8 Å². The molecule has 1 aliphatic rings. The van der Waals surface area contributed by atoms with Gasteiger partial charge in [0.2, 0.25) is 0 Å². The van der Waals surface area contributed by atoms with Gasteiger partial charge in [-0.3, -0.25) is 10.9 Å². The number of nitrogens with zero attached hydrogens (tertiary/aromatic N) is 3. The van der Waals surface area contributed by atoms with E-state index in [0.29, 0.717) is 17.3 Å². The number of amidine groups is 1. The van der Waals surface area contributed by atoms with Crippen LogP contribution in [-0.4, -0.2) is 15.8 Å². The van der Waals surface area contributed by atoms with E-state index in [1.807, 2.05) is 0 Å². The molecule has 0 saturated heterocycles. The molecule has 1 aromatic heterocycles. The first-order valence-corrected chi connectivity index (χ1v) is 4.99. The van der Waals surface area contributed by atoms with Crippen molar-refractivity contribution in [1.29, 1.82) is 0 Å². The maximum atomic E-state index is 12.8. The van der Waals surface area contributed by atoms with Crippen LogP contribution in [-0.2, 0) is 0 Å². The number of fused-ring (bicyclic) bond motifs is 1. The van der Waals surface area contributed by atoms with Crippen molar-refractivity contribution in [3.05, 3.63) is 48.2 Å². The average molecular weight is 229 g/mol. The fourth-order valence-corrected chi connectivity index (χ4v) is 1.51. The molecule has 84 valence electrons. The van der Waals surface area contributed by atoms with E-state index in [1.165, 1.54) is 18.5 Å². The number of rotatable bonds is 1. The highest BCUT2D eigenvalue weighted by Gasteiger charge is 2.12. The Morgan fingerprint density at radius 2 is 1.88 bits per heavy atom. The molecule has 1 aromatic carbocycles. The van der Waals surface area contributed by atoms with Crippen molar-refractivity contribution in [1.82, 2.24) is 15.4 Å². The van der Waals surface area contributed by atoms with E-state index in [-0.39, 0.29) is 5.82 Å². The minimum atomic E-state index is -0.276. The maximum Gasteiger partial charge on any atom is 0.173 e. The zero-order valence-electron chi connectivity index (χ0n) is 8.68. The first-order chi connectivity index (χ1) is 8.33. The van der Waals surface area contributed by atoms with Gasteiger partial charge in [-0.15, -0.1) is 0 Å². The second kappa shape index (κ2) is 3.82. The fraction of sp³-hybridized carbons (Fsp3) is 0. The molecule has 5 nitrogen and oxygen atoms in total. The molecule has 6 heteroatoms. The van der Waals surface area contributed by atoms with E-state index >= 15 is 0 Å². The first kappa shape index (κ1) is 9.71. The largest absolute Gasteiger partial charge is 0.282 e. The van der Waals surface area contributed by atoms with Crippen molar-refractivity contribution < 1.29 is 4.39 Å². The van der Waals surface area contributed by atoms with Crippen LogP contribution in [0.3, 0.4) is 0 Å².